The lowest BCUT2D eigenvalue weighted by Gasteiger charge is -2.03. The molecular weight excluding hydrogens is 304 g/mol. The number of pyridine rings is 1. The Morgan fingerprint density at radius 2 is 2.12 bits per heavy atom. The van der Waals surface area contributed by atoms with Crippen molar-refractivity contribution in [1.82, 2.24) is 14.8 Å². The van der Waals surface area contributed by atoms with Crippen molar-refractivity contribution in [2.45, 2.75) is 13.8 Å². The molecule has 0 fully saturated rings. The molecule has 0 radical (unpaired) electrons. The van der Waals surface area contributed by atoms with E-state index >= 15 is 0 Å². The SMILES string of the molecule is COc1cccc(/C=N\NC(=O)c2c(C)nc3ccc(C)cn23)c1. The highest BCUT2D eigenvalue weighted by atomic mass is 16.5. The second-order valence-electron chi connectivity index (χ2n) is 5.46. The number of nitrogens with one attached hydrogen (secondary N) is 1. The van der Waals surface area contributed by atoms with Crippen LogP contribution in [-0.4, -0.2) is 28.6 Å². The third-order valence-corrected chi connectivity index (χ3v) is 3.63. The summed E-state index contributed by atoms with van der Waals surface area (Å²) in [6, 6.07) is 11.3. The van der Waals surface area contributed by atoms with Gasteiger partial charge in [-0.1, -0.05) is 18.2 Å². The number of hydrazone groups is 1. The van der Waals surface area contributed by atoms with Gasteiger partial charge < -0.3 is 4.74 Å². The van der Waals surface area contributed by atoms with Crippen LogP contribution in [0, 0.1) is 13.8 Å². The standard InChI is InChI=1S/C18H18N4O2/c1-12-7-8-16-20-13(2)17(22(16)11-12)18(23)21-19-10-14-5-4-6-15(9-14)24-3/h4-11H,1-3H3,(H,21,23)/b19-10-. The van der Waals surface area contributed by atoms with Crippen molar-refractivity contribution in [3.63, 3.8) is 0 Å². The van der Waals surface area contributed by atoms with Crippen molar-refractivity contribution >= 4 is 17.8 Å². The zero-order chi connectivity index (χ0) is 17.1. The number of aryl methyl sites for hydroxylation is 2. The molecule has 24 heavy (non-hydrogen) atoms. The van der Waals surface area contributed by atoms with Crippen LogP contribution in [-0.2, 0) is 0 Å². The lowest BCUT2D eigenvalue weighted by molar-refractivity contribution is 0.0948. The van der Waals surface area contributed by atoms with E-state index in [1.54, 1.807) is 17.7 Å². The van der Waals surface area contributed by atoms with Crippen molar-refractivity contribution < 1.29 is 9.53 Å². The van der Waals surface area contributed by atoms with Crippen LogP contribution in [0.5, 0.6) is 5.75 Å². The van der Waals surface area contributed by atoms with Crippen LogP contribution in [0.3, 0.4) is 0 Å². The highest BCUT2D eigenvalue weighted by Gasteiger charge is 2.15. The molecule has 1 N–H and O–H groups in total. The fourth-order valence-electron chi connectivity index (χ4n) is 2.48. The van der Waals surface area contributed by atoms with Gasteiger partial charge in [0.1, 0.15) is 17.1 Å². The Hall–Kier alpha value is -3.15. The fraction of sp³-hybridized carbons (Fsp3) is 0.167. The minimum atomic E-state index is -0.301. The van der Waals surface area contributed by atoms with Crippen molar-refractivity contribution in [1.29, 1.82) is 0 Å². The average Bonchev–Trinajstić information content (AvgIpc) is 2.90. The highest BCUT2D eigenvalue weighted by Crippen LogP contribution is 2.13. The van der Waals surface area contributed by atoms with Gasteiger partial charge in [-0.3, -0.25) is 9.20 Å². The van der Waals surface area contributed by atoms with Crippen LogP contribution in [0.4, 0.5) is 0 Å². The number of rotatable bonds is 4. The summed E-state index contributed by atoms with van der Waals surface area (Å²) in [7, 11) is 1.60. The number of carbonyl (C=O) groups excluding carboxylic acids is 1. The van der Waals surface area contributed by atoms with E-state index in [4.69, 9.17) is 4.74 Å². The van der Waals surface area contributed by atoms with Crippen LogP contribution in [0.25, 0.3) is 5.65 Å². The summed E-state index contributed by atoms with van der Waals surface area (Å²) in [4.78, 5) is 16.9. The molecule has 0 atom stereocenters. The van der Waals surface area contributed by atoms with E-state index in [9.17, 15) is 4.79 Å². The van der Waals surface area contributed by atoms with Gasteiger partial charge in [-0.05, 0) is 43.2 Å². The molecule has 122 valence electrons. The molecule has 6 nitrogen and oxygen atoms in total. The molecule has 0 unspecified atom stereocenters. The normalized spacial score (nSPS) is 11.1. The van der Waals surface area contributed by atoms with E-state index in [1.165, 1.54) is 0 Å². The summed E-state index contributed by atoms with van der Waals surface area (Å²) in [6.07, 6.45) is 3.46. The van der Waals surface area contributed by atoms with Crippen LogP contribution in [0.1, 0.15) is 27.3 Å². The van der Waals surface area contributed by atoms with Crippen LogP contribution >= 0.6 is 0 Å². The first kappa shape index (κ1) is 15.7. The molecule has 2 aromatic heterocycles. The molecule has 0 bridgehead atoms. The van der Waals surface area contributed by atoms with Gasteiger partial charge in [0.15, 0.2) is 0 Å². The number of benzene rings is 1. The van der Waals surface area contributed by atoms with Gasteiger partial charge in [0.25, 0.3) is 5.91 Å². The van der Waals surface area contributed by atoms with E-state index in [0.29, 0.717) is 11.4 Å². The molecule has 1 aromatic carbocycles. The Labute approximate surface area is 139 Å². The zero-order valence-electron chi connectivity index (χ0n) is 13.8. The number of amides is 1. The van der Waals surface area contributed by atoms with E-state index in [-0.39, 0.29) is 5.91 Å². The predicted molar refractivity (Wildman–Crippen MR) is 92.7 cm³/mol. The van der Waals surface area contributed by atoms with Crippen LogP contribution in [0.2, 0.25) is 0 Å². The number of fused-ring (bicyclic) bond motifs is 1. The maximum atomic E-state index is 12.5. The average molecular weight is 322 g/mol. The van der Waals surface area contributed by atoms with Gasteiger partial charge in [-0.2, -0.15) is 5.10 Å². The molecule has 0 saturated carbocycles. The zero-order valence-corrected chi connectivity index (χ0v) is 13.8. The van der Waals surface area contributed by atoms with E-state index in [1.807, 2.05) is 56.4 Å². The van der Waals surface area contributed by atoms with Crippen molar-refractivity contribution in [2.75, 3.05) is 7.11 Å². The fourth-order valence-corrected chi connectivity index (χ4v) is 2.48. The first-order valence-electron chi connectivity index (χ1n) is 7.51. The number of aromatic nitrogens is 2. The topological polar surface area (TPSA) is 68.0 Å². The summed E-state index contributed by atoms with van der Waals surface area (Å²) in [6.45, 7) is 3.78. The molecule has 0 saturated heterocycles. The molecule has 1 amide bonds. The molecule has 6 heteroatoms. The number of hydrogen-bond acceptors (Lipinski definition) is 4. The molecule has 0 aliphatic heterocycles. The molecular formula is C18H18N4O2. The van der Waals surface area contributed by atoms with Gasteiger partial charge >= 0.3 is 0 Å². The second-order valence-corrected chi connectivity index (χ2v) is 5.46. The molecule has 2 heterocycles. The van der Waals surface area contributed by atoms with Crippen LogP contribution in [0.15, 0.2) is 47.7 Å². The first-order valence-corrected chi connectivity index (χ1v) is 7.51. The quantitative estimate of drug-likeness (QED) is 0.593. The Kier molecular flexibility index (Phi) is 4.29. The summed E-state index contributed by atoms with van der Waals surface area (Å²) in [5.41, 5.74) is 6.32. The first-order chi connectivity index (χ1) is 11.6. The third-order valence-electron chi connectivity index (χ3n) is 3.63. The lowest BCUT2D eigenvalue weighted by Crippen LogP contribution is -2.20. The summed E-state index contributed by atoms with van der Waals surface area (Å²) in [5.74, 6) is 0.433. The van der Waals surface area contributed by atoms with Gasteiger partial charge in [0.05, 0.1) is 19.0 Å². The second kappa shape index (κ2) is 6.54. The van der Waals surface area contributed by atoms with E-state index in [0.717, 1.165) is 22.5 Å². The van der Waals surface area contributed by atoms with Gasteiger partial charge in [-0.15, -0.1) is 0 Å². The molecule has 3 rings (SSSR count). The molecule has 0 aliphatic rings. The van der Waals surface area contributed by atoms with Gasteiger partial charge in [-0.25, -0.2) is 10.4 Å². The van der Waals surface area contributed by atoms with Crippen molar-refractivity contribution in [3.8, 4) is 5.75 Å². The Balaban J connectivity index is 1.81. The maximum absolute atomic E-state index is 12.5. The van der Waals surface area contributed by atoms with E-state index in [2.05, 4.69) is 15.5 Å². The molecule has 0 spiro atoms. The minimum Gasteiger partial charge on any atom is -0.497 e. The summed E-state index contributed by atoms with van der Waals surface area (Å²) >= 11 is 0. The van der Waals surface area contributed by atoms with Gasteiger partial charge in [0, 0.05) is 6.20 Å². The van der Waals surface area contributed by atoms with Crippen molar-refractivity contribution in [2.24, 2.45) is 5.10 Å². The number of ether oxygens (including phenoxy) is 1. The predicted octanol–water partition coefficient (Wildman–Crippen LogP) is 2.72. The monoisotopic (exact) mass is 322 g/mol. The minimum absolute atomic E-state index is 0.301. The largest absolute Gasteiger partial charge is 0.497 e. The number of imidazole rings is 1. The molecule has 0 aliphatic carbocycles. The Morgan fingerprint density at radius 1 is 1.29 bits per heavy atom. The Bertz CT molecular complexity index is 928. The maximum Gasteiger partial charge on any atom is 0.290 e. The van der Waals surface area contributed by atoms with E-state index < -0.39 is 0 Å². The highest BCUT2D eigenvalue weighted by molar-refractivity contribution is 5.95. The van der Waals surface area contributed by atoms with Crippen LogP contribution < -0.4 is 10.2 Å². The third kappa shape index (κ3) is 3.12. The van der Waals surface area contributed by atoms with Gasteiger partial charge in [0.2, 0.25) is 0 Å². The summed E-state index contributed by atoms with van der Waals surface area (Å²) < 4.78 is 6.93. The Morgan fingerprint density at radius 3 is 2.92 bits per heavy atom. The number of methoxy groups -OCH3 is 1. The lowest BCUT2D eigenvalue weighted by atomic mass is 10.2. The number of hydrogen-bond donors (Lipinski definition) is 1. The smallest absolute Gasteiger partial charge is 0.290 e. The summed E-state index contributed by atoms with van der Waals surface area (Å²) in [5, 5.41) is 4.02. The number of nitrogens with zero attached hydrogens (tertiary/aromatic N) is 3. The van der Waals surface area contributed by atoms with Crippen molar-refractivity contribution in [3.05, 3.63) is 65.1 Å². The number of carbonyl (C=O) groups is 1. The molecule has 3 aromatic rings.